The molecule has 0 aliphatic heterocycles. The number of benzene rings is 1. The molecule has 1 N–H and O–H groups in total. The number of sulfone groups is 1. The molecule has 0 saturated carbocycles. The van der Waals surface area contributed by atoms with Gasteiger partial charge in [0.15, 0.2) is 9.84 Å². The van der Waals surface area contributed by atoms with Gasteiger partial charge in [0.05, 0.1) is 18.6 Å². The summed E-state index contributed by atoms with van der Waals surface area (Å²) in [6, 6.07) is 5.16. The molecule has 4 nitrogen and oxygen atoms in total. The maximum atomic E-state index is 11.3. The third-order valence-corrected chi connectivity index (χ3v) is 4.27. The molecular weight excluding hydrogens is 262 g/mol. The highest BCUT2D eigenvalue weighted by Gasteiger charge is 2.08. The van der Waals surface area contributed by atoms with Crippen molar-refractivity contribution in [3.63, 3.8) is 0 Å². The van der Waals surface area contributed by atoms with Crippen molar-refractivity contribution in [1.29, 1.82) is 0 Å². The number of hydrogen-bond donors (Lipinski definition) is 1. The lowest BCUT2D eigenvalue weighted by atomic mass is 10.3. The molecule has 0 spiro atoms. The molecule has 0 aromatic heterocycles. The topological polar surface area (TPSA) is 55.4 Å². The summed E-state index contributed by atoms with van der Waals surface area (Å²) in [5.74, 6) is 0.892. The second-order valence-corrected chi connectivity index (χ2v) is 6.42. The Morgan fingerprint density at radius 1 is 1.41 bits per heavy atom. The van der Waals surface area contributed by atoms with Gasteiger partial charge in [-0.1, -0.05) is 18.5 Å². The number of rotatable bonds is 6. The van der Waals surface area contributed by atoms with E-state index in [1.165, 1.54) is 0 Å². The lowest BCUT2D eigenvalue weighted by molar-refractivity contribution is 0.416. The van der Waals surface area contributed by atoms with Crippen LogP contribution >= 0.6 is 11.6 Å². The van der Waals surface area contributed by atoms with Crippen LogP contribution in [0.2, 0.25) is 5.02 Å². The molecule has 1 aromatic rings. The number of nitrogens with one attached hydrogen (secondary N) is 1. The van der Waals surface area contributed by atoms with Gasteiger partial charge in [0, 0.05) is 17.3 Å². The van der Waals surface area contributed by atoms with Crippen molar-refractivity contribution in [1.82, 2.24) is 0 Å². The fourth-order valence-corrected chi connectivity index (χ4v) is 2.18. The Morgan fingerprint density at radius 3 is 2.71 bits per heavy atom. The molecule has 0 aliphatic rings. The molecule has 17 heavy (non-hydrogen) atoms. The lowest BCUT2D eigenvalue weighted by Crippen LogP contribution is -2.17. The Hall–Kier alpha value is -0.940. The second kappa shape index (κ2) is 6.12. The van der Waals surface area contributed by atoms with Crippen molar-refractivity contribution in [2.45, 2.75) is 6.92 Å². The minimum Gasteiger partial charge on any atom is -0.495 e. The van der Waals surface area contributed by atoms with E-state index >= 15 is 0 Å². The van der Waals surface area contributed by atoms with Gasteiger partial charge in [0.25, 0.3) is 0 Å². The summed E-state index contributed by atoms with van der Waals surface area (Å²) in [5.41, 5.74) is 0.700. The van der Waals surface area contributed by atoms with Crippen molar-refractivity contribution in [2.75, 3.05) is 30.5 Å². The van der Waals surface area contributed by atoms with E-state index in [2.05, 4.69) is 5.32 Å². The standard InChI is InChI=1S/C11H16ClNO3S/c1-3-17(14,15)7-6-13-10-8-9(12)4-5-11(10)16-2/h4-5,8,13H,3,6-7H2,1-2H3. The van der Waals surface area contributed by atoms with E-state index in [-0.39, 0.29) is 11.5 Å². The Labute approximate surface area is 107 Å². The third kappa shape index (κ3) is 4.44. The molecule has 0 unspecified atom stereocenters. The summed E-state index contributed by atoms with van der Waals surface area (Å²) in [4.78, 5) is 0. The van der Waals surface area contributed by atoms with Crippen LogP contribution in [0.25, 0.3) is 0 Å². The van der Waals surface area contributed by atoms with E-state index < -0.39 is 9.84 Å². The molecule has 0 heterocycles. The number of anilines is 1. The largest absolute Gasteiger partial charge is 0.495 e. The summed E-state index contributed by atoms with van der Waals surface area (Å²) >= 11 is 5.86. The summed E-state index contributed by atoms with van der Waals surface area (Å²) < 4.78 is 27.8. The van der Waals surface area contributed by atoms with E-state index in [1.54, 1.807) is 32.2 Å². The quantitative estimate of drug-likeness (QED) is 0.866. The lowest BCUT2D eigenvalue weighted by Gasteiger charge is -2.11. The average Bonchev–Trinajstić information content (AvgIpc) is 2.29. The van der Waals surface area contributed by atoms with Crippen LogP contribution in [0.5, 0.6) is 5.75 Å². The zero-order chi connectivity index (χ0) is 12.9. The van der Waals surface area contributed by atoms with Crippen LogP contribution in [0.4, 0.5) is 5.69 Å². The first-order valence-electron chi connectivity index (χ1n) is 5.26. The maximum Gasteiger partial charge on any atom is 0.151 e. The minimum atomic E-state index is -2.96. The van der Waals surface area contributed by atoms with E-state index in [0.29, 0.717) is 23.0 Å². The molecule has 1 aromatic carbocycles. The van der Waals surface area contributed by atoms with Crippen LogP contribution in [-0.4, -0.2) is 33.6 Å². The van der Waals surface area contributed by atoms with E-state index in [0.717, 1.165) is 0 Å². The molecule has 0 saturated heterocycles. The van der Waals surface area contributed by atoms with Gasteiger partial charge >= 0.3 is 0 Å². The highest BCUT2D eigenvalue weighted by Crippen LogP contribution is 2.27. The fraction of sp³-hybridized carbons (Fsp3) is 0.455. The van der Waals surface area contributed by atoms with Gasteiger partial charge in [-0.05, 0) is 18.2 Å². The summed E-state index contributed by atoms with van der Waals surface area (Å²) in [6.07, 6.45) is 0. The zero-order valence-corrected chi connectivity index (χ0v) is 11.4. The predicted molar refractivity (Wildman–Crippen MR) is 70.8 cm³/mol. The first-order chi connectivity index (χ1) is 7.98. The average molecular weight is 278 g/mol. The van der Waals surface area contributed by atoms with Gasteiger partial charge in [-0.15, -0.1) is 0 Å². The van der Waals surface area contributed by atoms with Crippen molar-refractivity contribution in [3.8, 4) is 5.75 Å². The molecule has 0 aliphatic carbocycles. The van der Waals surface area contributed by atoms with Crippen LogP contribution in [0.1, 0.15) is 6.92 Å². The molecule has 6 heteroatoms. The third-order valence-electron chi connectivity index (χ3n) is 2.33. The first kappa shape index (κ1) is 14.1. The molecule has 0 atom stereocenters. The first-order valence-corrected chi connectivity index (χ1v) is 7.46. The highest BCUT2D eigenvalue weighted by atomic mass is 35.5. The van der Waals surface area contributed by atoms with Crippen molar-refractivity contribution in [2.24, 2.45) is 0 Å². The molecule has 0 bridgehead atoms. The predicted octanol–water partition coefficient (Wildman–Crippen LogP) is 2.20. The molecule has 0 fully saturated rings. The second-order valence-electron chi connectivity index (χ2n) is 3.51. The summed E-state index contributed by atoms with van der Waals surface area (Å²) in [6.45, 7) is 1.97. The number of halogens is 1. The monoisotopic (exact) mass is 277 g/mol. The van der Waals surface area contributed by atoms with Crippen LogP contribution in [0.15, 0.2) is 18.2 Å². The van der Waals surface area contributed by atoms with Gasteiger partial charge in [-0.25, -0.2) is 8.42 Å². The van der Waals surface area contributed by atoms with E-state index in [9.17, 15) is 8.42 Å². The smallest absolute Gasteiger partial charge is 0.151 e. The molecule has 0 radical (unpaired) electrons. The molecule has 1 rings (SSSR count). The van der Waals surface area contributed by atoms with Crippen molar-refractivity contribution >= 4 is 27.1 Å². The van der Waals surface area contributed by atoms with Gasteiger partial charge in [0.1, 0.15) is 5.75 Å². The van der Waals surface area contributed by atoms with Gasteiger partial charge in [0.2, 0.25) is 0 Å². The van der Waals surface area contributed by atoms with Gasteiger partial charge in [-0.3, -0.25) is 0 Å². The fourth-order valence-electron chi connectivity index (χ4n) is 1.30. The summed E-state index contributed by atoms with van der Waals surface area (Å²) in [5, 5.41) is 3.58. The Morgan fingerprint density at radius 2 is 2.12 bits per heavy atom. The number of methoxy groups -OCH3 is 1. The Bertz CT molecular complexity index is 474. The normalized spacial score (nSPS) is 11.2. The molecule has 0 amide bonds. The summed E-state index contributed by atoms with van der Waals surface area (Å²) in [7, 11) is -1.40. The number of ether oxygens (including phenoxy) is 1. The number of hydrogen-bond acceptors (Lipinski definition) is 4. The Kier molecular flexibility index (Phi) is 5.08. The zero-order valence-electron chi connectivity index (χ0n) is 9.86. The van der Waals surface area contributed by atoms with E-state index in [4.69, 9.17) is 16.3 Å². The van der Waals surface area contributed by atoms with Crippen molar-refractivity contribution < 1.29 is 13.2 Å². The van der Waals surface area contributed by atoms with Crippen LogP contribution in [-0.2, 0) is 9.84 Å². The Balaban J connectivity index is 2.66. The van der Waals surface area contributed by atoms with Gasteiger partial charge in [-0.2, -0.15) is 0 Å². The van der Waals surface area contributed by atoms with Gasteiger partial charge < -0.3 is 10.1 Å². The van der Waals surface area contributed by atoms with Crippen LogP contribution in [0.3, 0.4) is 0 Å². The van der Waals surface area contributed by atoms with Crippen LogP contribution in [0, 0.1) is 0 Å². The van der Waals surface area contributed by atoms with E-state index in [1.807, 2.05) is 0 Å². The SMILES string of the molecule is CCS(=O)(=O)CCNc1cc(Cl)ccc1OC. The van der Waals surface area contributed by atoms with Crippen LogP contribution < -0.4 is 10.1 Å². The minimum absolute atomic E-state index is 0.0964. The maximum absolute atomic E-state index is 11.3. The highest BCUT2D eigenvalue weighted by molar-refractivity contribution is 7.91. The van der Waals surface area contributed by atoms with Crippen molar-refractivity contribution in [3.05, 3.63) is 23.2 Å². The molecular formula is C11H16ClNO3S. The molecule has 96 valence electrons.